The van der Waals surface area contributed by atoms with Gasteiger partial charge in [0.1, 0.15) is 11.1 Å². The maximum Gasteiger partial charge on any atom is 0.318 e. The van der Waals surface area contributed by atoms with Crippen molar-refractivity contribution < 1.29 is 18.7 Å². The highest BCUT2D eigenvalue weighted by molar-refractivity contribution is 8.00. The molecule has 9 heteroatoms. The van der Waals surface area contributed by atoms with E-state index in [1.165, 1.54) is 31.0 Å². The summed E-state index contributed by atoms with van der Waals surface area (Å²) in [5.74, 6) is -0.101. The molecule has 0 unspecified atom stereocenters. The molecule has 0 radical (unpaired) electrons. The van der Waals surface area contributed by atoms with E-state index in [9.17, 15) is 9.18 Å². The van der Waals surface area contributed by atoms with Crippen molar-refractivity contribution in [1.29, 1.82) is 0 Å². The molecular formula is C16H19FN4O3S. The number of methoxy groups -OCH3 is 1. The number of thioether (sulfide) groups is 1. The molecule has 1 aliphatic heterocycles. The van der Waals surface area contributed by atoms with E-state index >= 15 is 0 Å². The number of hydrogen-bond acceptors (Lipinski definition) is 7. The van der Waals surface area contributed by atoms with Gasteiger partial charge in [-0.3, -0.25) is 9.36 Å². The van der Waals surface area contributed by atoms with Gasteiger partial charge in [0.15, 0.2) is 5.16 Å². The first-order valence-corrected chi connectivity index (χ1v) is 8.76. The molecule has 1 atom stereocenters. The first kappa shape index (κ1) is 17.7. The topological polar surface area (TPSA) is 69.5 Å². The van der Waals surface area contributed by atoms with Crippen molar-refractivity contribution in [3.63, 3.8) is 0 Å². The summed E-state index contributed by atoms with van der Waals surface area (Å²) in [7, 11) is 1.34. The summed E-state index contributed by atoms with van der Waals surface area (Å²) in [6, 6.07) is 6.21. The van der Waals surface area contributed by atoms with Gasteiger partial charge in [-0.05, 0) is 25.1 Å². The van der Waals surface area contributed by atoms with Gasteiger partial charge in [-0.15, -0.1) is 10.2 Å². The number of esters is 1. The van der Waals surface area contributed by atoms with Crippen molar-refractivity contribution in [3.05, 3.63) is 30.1 Å². The highest BCUT2D eigenvalue weighted by atomic mass is 32.2. The monoisotopic (exact) mass is 366 g/mol. The lowest BCUT2D eigenvalue weighted by Gasteiger charge is -2.28. The number of ether oxygens (including phenoxy) is 2. The Morgan fingerprint density at radius 1 is 1.36 bits per heavy atom. The first-order valence-electron chi connectivity index (χ1n) is 7.88. The minimum Gasteiger partial charge on any atom is -0.468 e. The predicted octanol–water partition coefficient (Wildman–Crippen LogP) is 1.90. The second-order valence-corrected chi connectivity index (χ2v) is 6.79. The zero-order chi connectivity index (χ0) is 17.8. The molecular weight excluding hydrogens is 347 g/mol. The van der Waals surface area contributed by atoms with Crippen molar-refractivity contribution in [1.82, 2.24) is 14.8 Å². The molecule has 0 N–H and O–H groups in total. The number of anilines is 1. The summed E-state index contributed by atoms with van der Waals surface area (Å²) in [6.07, 6.45) is 0. The SMILES string of the molecule is COC(=O)[C@@H](C)Sc1nnc(N2CCOCC2)n1-c1cccc(F)c1. The molecule has 0 saturated carbocycles. The number of aromatic nitrogens is 3. The minimum atomic E-state index is -0.459. The predicted molar refractivity (Wildman–Crippen MR) is 91.7 cm³/mol. The van der Waals surface area contributed by atoms with Crippen LogP contribution < -0.4 is 4.90 Å². The Kier molecular flexibility index (Phi) is 5.54. The van der Waals surface area contributed by atoms with Gasteiger partial charge in [0.05, 0.1) is 26.0 Å². The number of carbonyl (C=O) groups is 1. The number of nitrogens with zero attached hydrogens (tertiary/aromatic N) is 4. The van der Waals surface area contributed by atoms with E-state index in [2.05, 4.69) is 10.2 Å². The number of benzene rings is 1. The van der Waals surface area contributed by atoms with Gasteiger partial charge in [-0.1, -0.05) is 17.8 Å². The fraction of sp³-hybridized carbons (Fsp3) is 0.438. The molecule has 1 aromatic carbocycles. The van der Waals surface area contributed by atoms with Gasteiger partial charge in [0.25, 0.3) is 0 Å². The average molecular weight is 366 g/mol. The van der Waals surface area contributed by atoms with E-state index in [1.807, 2.05) is 4.90 Å². The Morgan fingerprint density at radius 2 is 2.12 bits per heavy atom. The van der Waals surface area contributed by atoms with Crippen molar-refractivity contribution in [2.24, 2.45) is 0 Å². The van der Waals surface area contributed by atoms with E-state index in [0.717, 1.165) is 0 Å². The Hall–Kier alpha value is -2.13. The molecule has 3 rings (SSSR count). The maximum absolute atomic E-state index is 13.7. The van der Waals surface area contributed by atoms with Gasteiger partial charge in [0.2, 0.25) is 5.95 Å². The molecule has 1 aliphatic rings. The Labute approximate surface area is 149 Å². The summed E-state index contributed by atoms with van der Waals surface area (Å²) in [4.78, 5) is 13.8. The van der Waals surface area contributed by atoms with Crippen molar-refractivity contribution in [2.45, 2.75) is 17.3 Å². The third kappa shape index (κ3) is 3.93. The van der Waals surface area contributed by atoms with Gasteiger partial charge >= 0.3 is 5.97 Å². The molecule has 1 saturated heterocycles. The van der Waals surface area contributed by atoms with Crippen LogP contribution in [0.15, 0.2) is 29.4 Å². The lowest BCUT2D eigenvalue weighted by atomic mass is 10.3. The van der Waals surface area contributed by atoms with E-state index < -0.39 is 5.25 Å². The summed E-state index contributed by atoms with van der Waals surface area (Å²) >= 11 is 1.22. The second-order valence-electron chi connectivity index (χ2n) is 5.48. The van der Waals surface area contributed by atoms with Gasteiger partial charge < -0.3 is 14.4 Å². The highest BCUT2D eigenvalue weighted by Gasteiger charge is 2.25. The molecule has 0 spiro atoms. The van der Waals surface area contributed by atoms with Crippen LogP contribution in [0.4, 0.5) is 10.3 Å². The van der Waals surface area contributed by atoms with Crippen molar-refractivity contribution >= 4 is 23.7 Å². The van der Waals surface area contributed by atoms with Crippen LogP contribution >= 0.6 is 11.8 Å². The Morgan fingerprint density at radius 3 is 2.80 bits per heavy atom. The van der Waals surface area contributed by atoms with Crippen LogP contribution in [0, 0.1) is 5.82 Å². The smallest absolute Gasteiger partial charge is 0.318 e. The number of carbonyl (C=O) groups excluding carboxylic acids is 1. The van der Waals surface area contributed by atoms with Crippen LogP contribution in [0.25, 0.3) is 5.69 Å². The molecule has 1 fully saturated rings. The zero-order valence-electron chi connectivity index (χ0n) is 14.0. The molecule has 1 aromatic heterocycles. The number of morpholine rings is 1. The molecule has 25 heavy (non-hydrogen) atoms. The van der Waals surface area contributed by atoms with E-state index in [4.69, 9.17) is 9.47 Å². The third-order valence-electron chi connectivity index (χ3n) is 3.79. The van der Waals surface area contributed by atoms with E-state index in [0.29, 0.717) is 43.1 Å². The Balaban J connectivity index is 2.00. The first-order chi connectivity index (χ1) is 12.1. The van der Waals surface area contributed by atoms with Crippen molar-refractivity contribution in [3.8, 4) is 5.69 Å². The lowest BCUT2D eigenvalue weighted by molar-refractivity contribution is -0.139. The normalized spacial score (nSPS) is 15.9. The number of rotatable bonds is 5. The summed E-state index contributed by atoms with van der Waals surface area (Å²) in [6.45, 7) is 4.26. The van der Waals surface area contributed by atoms with Gasteiger partial charge in [-0.2, -0.15) is 0 Å². The van der Waals surface area contributed by atoms with Crippen LogP contribution in [0.1, 0.15) is 6.92 Å². The molecule has 0 bridgehead atoms. The fourth-order valence-corrected chi connectivity index (χ4v) is 3.41. The number of halogens is 1. The molecule has 0 aliphatic carbocycles. The van der Waals surface area contributed by atoms with E-state index in [-0.39, 0.29) is 11.8 Å². The zero-order valence-corrected chi connectivity index (χ0v) is 14.8. The Bertz CT molecular complexity index is 749. The largest absolute Gasteiger partial charge is 0.468 e. The van der Waals surface area contributed by atoms with Crippen LogP contribution in [0.3, 0.4) is 0 Å². The van der Waals surface area contributed by atoms with Crippen LogP contribution in [-0.4, -0.2) is 59.4 Å². The van der Waals surface area contributed by atoms with Crippen LogP contribution in [-0.2, 0) is 14.3 Å². The molecule has 2 aromatic rings. The fourth-order valence-electron chi connectivity index (χ4n) is 2.52. The van der Waals surface area contributed by atoms with Crippen LogP contribution in [0.2, 0.25) is 0 Å². The molecule has 7 nitrogen and oxygen atoms in total. The summed E-state index contributed by atoms with van der Waals surface area (Å²) in [5, 5.41) is 8.53. The van der Waals surface area contributed by atoms with Gasteiger partial charge in [-0.25, -0.2) is 4.39 Å². The third-order valence-corrected chi connectivity index (χ3v) is 4.81. The summed E-state index contributed by atoms with van der Waals surface area (Å²) < 4.78 is 25.6. The number of hydrogen-bond donors (Lipinski definition) is 0. The lowest BCUT2D eigenvalue weighted by Crippen LogP contribution is -2.37. The van der Waals surface area contributed by atoms with Crippen molar-refractivity contribution in [2.75, 3.05) is 38.3 Å². The second kappa shape index (κ2) is 7.83. The van der Waals surface area contributed by atoms with Crippen LogP contribution in [0.5, 0.6) is 0 Å². The quantitative estimate of drug-likeness (QED) is 0.591. The highest BCUT2D eigenvalue weighted by Crippen LogP contribution is 2.30. The minimum absolute atomic E-state index is 0.351. The standard InChI is InChI=1S/C16H19FN4O3S/c1-11(14(22)23-2)25-16-19-18-15(20-6-8-24-9-7-20)21(16)13-5-3-4-12(17)10-13/h3-5,10-11H,6-9H2,1-2H3/t11-/m1/s1. The molecule has 134 valence electrons. The molecule has 0 amide bonds. The average Bonchev–Trinajstić information content (AvgIpc) is 3.05. The van der Waals surface area contributed by atoms with Gasteiger partial charge in [0, 0.05) is 13.1 Å². The van der Waals surface area contributed by atoms with E-state index in [1.54, 1.807) is 23.6 Å². The summed E-state index contributed by atoms with van der Waals surface area (Å²) in [5.41, 5.74) is 0.603. The molecule has 2 heterocycles. The maximum atomic E-state index is 13.7.